The molecule has 150 valence electrons. The van der Waals surface area contributed by atoms with Gasteiger partial charge >= 0.3 is 0 Å². The van der Waals surface area contributed by atoms with Crippen molar-refractivity contribution in [3.63, 3.8) is 0 Å². The summed E-state index contributed by atoms with van der Waals surface area (Å²) >= 11 is 0. The van der Waals surface area contributed by atoms with E-state index in [0.29, 0.717) is 47.5 Å². The minimum atomic E-state index is -0.549. The fourth-order valence-corrected chi connectivity index (χ4v) is 4.92. The van der Waals surface area contributed by atoms with E-state index in [1.807, 2.05) is 22.6 Å². The van der Waals surface area contributed by atoms with E-state index in [1.54, 1.807) is 6.92 Å². The minimum absolute atomic E-state index is 0.0432. The molecule has 3 aliphatic rings. The maximum atomic E-state index is 15.5. The predicted molar refractivity (Wildman–Crippen MR) is 109 cm³/mol. The zero-order chi connectivity index (χ0) is 19.7. The average molecular weight is 386 g/mol. The van der Waals surface area contributed by atoms with E-state index < -0.39 is 5.82 Å². The third kappa shape index (κ3) is 2.45. The highest BCUT2D eigenvalue weighted by molar-refractivity contribution is 6.00. The predicted octanol–water partition coefficient (Wildman–Crippen LogP) is 2.55. The van der Waals surface area contributed by atoms with Gasteiger partial charge in [0.1, 0.15) is 12.3 Å². The molecule has 7 heteroatoms. The highest BCUT2D eigenvalue weighted by atomic mass is 19.1. The lowest BCUT2D eigenvalue weighted by Gasteiger charge is -2.32. The summed E-state index contributed by atoms with van der Waals surface area (Å²) in [5.74, 6) is 0.850. The number of anilines is 2. The van der Waals surface area contributed by atoms with Gasteiger partial charge in [0.2, 0.25) is 0 Å². The number of pyridine rings is 1. The maximum absolute atomic E-state index is 15.5. The Morgan fingerprint density at radius 2 is 2.04 bits per heavy atom. The molecule has 28 heavy (non-hydrogen) atoms. The smallest absolute Gasteiger partial charge is 0.194 e. The van der Waals surface area contributed by atoms with Crippen LogP contribution in [0.1, 0.15) is 37.8 Å². The number of hydrogen-bond acceptors (Lipinski definition) is 5. The number of aromatic nitrogens is 1. The Hall–Kier alpha value is -2.28. The van der Waals surface area contributed by atoms with Crippen molar-refractivity contribution < 1.29 is 9.13 Å². The Balaban J connectivity index is 1.68. The standard InChI is InChI=1S/C21H27FN4O2/c1-10-7-26-11(2)9-28-21-18(26)14(20(10)27)17(24)15(22)19(21)25-6-5-13(8-25)16(23)12-3-4-12/h7,11-13,16H,3-6,8-9,23-24H2,1-2H3/t11-,13+,16-/m0/s1. The third-order valence-electron chi connectivity index (χ3n) is 6.75. The molecule has 2 aliphatic heterocycles. The van der Waals surface area contributed by atoms with Gasteiger partial charge in [-0.15, -0.1) is 0 Å². The monoisotopic (exact) mass is 386 g/mol. The van der Waals surface area contributed by atoms with Crippen molar-refractivity contribution in [2.45, 2.75) is 45.2 Å². The first kappa shape index (κ1) is 17.8. The van der Waals surface area contributed by atoms with Gasteiger partial charge in [-0.2, -0.15) is 0 Å². The molecule has 1 aliphatic carbocycles. The molecule has 2 aromatic rings. The molecular formula is C21H27FN4O2. The van der Waals surface area contributed by atoms with E-state index >= 15 is 4.39 Å². The van der Waals surface area contributed by atoms with Gasteiger partial charge < -0.3 is 25.7 Å². The molecule has 4 N–H and O–H groups in total. The molecule has 2 fully saturated rings. The van der Waals surface area contributed by atoms with Crippen LogP contribution in [0, 0.1) is 24.6 Å². The second kappa shape index (κ2) is 6.11. The van der Waals surface area contributed by atoms with Crippen LogP contribution in [0.3, 0.4) is 0 Å². The molecule has 0 unspecified atom stereocenters. The third-order valence-corrected chi connectivity index (χ3v) is 6.75. The molecule has 3 atom stereocenters. The van der Waals surface area contributed by atoms with E-state index in [9.17, 15) is 4.79 Å². The number of benzene rings is 1. The Kier molecular flexibility index (Phi) is 3.88. The SMILES string of the molecule is Cc1cn2c3c(c(N4CC[C@@H]([C@@H](N)C5CC5)C4)c(F)c(N)c3c1=O)OC[C@@H]2C. The maximum Gasteiger partial charge on any atom is 0.194 e. The molecule has 1 saturated carbocycles. The molecule has 1 aromatic carbocycles. The van der Waals surface area contributed by atoms with Crippen LogP contribution >= 0.6 is 0 Å². The molecule has 1 saturated heterocycles. The normalized spacial score (nSPS) is 25.2. The molecule has 3 heterocycles. The van der Waals surface area contributed by atoms with Crippen LogP contribution < -0.4 is 26.5 Å². The van der Waals surface area contributed by atoms with E-state index in [0.717, 1.165) is 13.0 Å². The lowest BCUT2D eigenvalue weighted by atomic mass is 9.96. The summed E-state index contributed by atoms with van der Waals surface area (Å²) in [6, 6.07) is 0.214. The highest BCUT2D eigenvalue weighted by Crippen LogP contribution is 2.47. The summed E-state index contributed by atoms with van der Waals surface area (Å²) in [6.45, 7) is 5.60. The summed E-state index contributed by atoms with van der Waals surface area (Å²) < 4.78 is 23.5. The van der Waals surface area contributed by atoms with Gasteiger partial charge in [0.05, 0.1) is 22.6 Å². The van der Waals surface area contributed by atoms with Crippen LogP contribution in [0.25, 0.3) is 10.9 Å². The lowest BCUT2D eigenvalue weighted by Crippen LogP contribution is -2.35. The van der Waals surface area contributed by atoms with Gasteiger partial charge in [-0.1, -0.05) is 0 Å². The molecule has 5 rings (SSSR count). The van der Waals surface area contributed by atoms with Gasteiger partial charge in [0, 0.05) is 30.9 Å². The fourth-order valence-electron chi connectivity index (χ4n) is 4.92. The first-order chi connectivity index (χ1) is 13.4. The first-order valence-electron chi connectivity index (χ1n) is 10.2. The number of hydrogen-bond donors (Lipinski definition) is 2. The van der Waals surface area contributed by atoms with Gasteiger partial charge in [-0.25, -0.2) is 4.39 Å². The van der Waals surface area contributed by atoms with Crippen molar-refractivity contribution >= 4 is 22.3 Å². The Labute approximate surface area is 163 Å². The number of nitrogens with zero attached hydrogens (tertiary/aromatic N) is 2. The summed E-state index contributed by atoms with van der Waals surface area (Å²) in [4.78, 5) is 14.8. The zero-order valence-corrected chi connectivity index (χ0v) is 16.4. The Morgan fingerprint density at radius 3 is 2.75 bits per heavy atom. The van der Waals surface area contributed by atoms with E-state index in [-0.39, 0.29) is 28.6 Å². The van der Waals surface area contributed by atoms with Gasteiger partial charge in [0.15, 0.2) is 17.0 Å². The van der Waals surface area contributed by atoms with Crippen molar-refractivity contribution in [2.75, 3.05) is 30.3 Å². The molecule has 0 amide bonds. The first-order valence-corrected chi connectivity index (χ1v) is 10.2. The Bertz CT molecular complexity index is 1030. The number of aryl methyl sites for hydroxylation is 1. The van der Waals surface area contributed by atoms with E-state index in [1.165, 1.54) is 12.8 Å². The quantitative estimate of drug-likeness (QED) is 0.792. The summed E-state index contributed by atoms with van der Waals surface area (Å²) in [7, 11) is 0. The van der Waals surface area contributed by atoms with Gasteiger partial charge in [-0.3, -0.25) is 4.79 Å². The van der Waals surface area contributed by atoms with Gasteiger partial charge in [-0.05, 0) is 44.9 Å². The van der Waals surface area contributed by atoms with Crippen LogP contribution in [0.2, 0.25) is 0 Å². The summed E-state index contributed by atoms with van der Waals surface area (Å²) in [5.41, 5.74) is 13.8. The number of nitrogen functional groups attached to an aromatic ring is 1. The zero-order valence-electron chi connectivity index (χ0n) is 16.4. The van der Waals surface area contributed by atoms with Crippen molar-refractivity contribution in [1.82, 2.24) is 4.57 Å². The number of rotatable bonds is 3. The molecule has 0 radical (unpaired) electrons. The second-order valence-corrected chi connectivity index (χ2v) is 8.75. The van der Waals surface area contributed by atoms with Crippen LogP contribution in [-0.4, -0.2) is 30.3 Å². The lowest BCUT2D eigenvalue weighted by molar-refractivity contribution is 0.246. The van der Waals surface area contributed by atoms with E-state index in [4.69, 9.17) is 16.2 Å². The molecular weight excluding hydrogens is 359 g/mol. The topological polar surface area (TPSA) is 86.5 Å². The van der Waals surface area contributed by atoms with Crippen LogP contribution in [-0.2, 0) is 0 Å². The van der Waals surface area contributed by atoms with E-state index in [2.05, 4.69) is 0 Å². The number of nitrogens with two attached hydrogens (primary N) is 2. The fraction of sp³-hybridized carbons (Fsp3) is 0.571. The van der Waals surface area contributed by atoms with Crippen molar-refractivity contribution in [3.05, 3.63) is 27.8 Å². The van der Waals surface area contributed by atoms with Crippen LogP contribution in [0.5, 0.6) is 5.75 Å². The van der Waals surface area contributed by atoms with Crippen LogP contribution in [0.15, 0.2) is 11.0 Å². The van der Waals surface area contributed by atoms with Crippen LogP contribution in [0.4, 0.5) is 15.8 Å². The average Bonchev–Trinajstić information content (AvgIpc) is 3.41. The largest absolute Gasteiger partial charge is 0.487 e. The van der Waals surface area contributed by atoms with Crippen molar-refractivity contribution in [1.29, 1.82) is 0 Å². The molecule has 6 nitrogen and oxygen atoms in total. The Morgan fingerprint density at radius 1 is 1.29 bits per heavy atom. The molecule has 0 bridgehead atoms. The molecule has 1 aromatic heterocycles. The molecule has 0 spiro atoms. The summed E-state index contributed by atoms with van der Waals surface area (Å²) in [6.07, 6.45) is 5.17. The van der Waals surface area contributed by atoms with Crippen molar-refractivity contribution in [3.8, 4) is 5.75 Å². The van der Waals surface area contributed by atoms with Crippen molar-refractivity contribution in [2.24, 2.45) is 17.6 Å². The minimum Gasteiger partial charge on any atom is -0.487 e. The summed E-state index contributed by atoms with van der Waals surface area (Å²) in [5, 5.41) is 0.230. The van der Waals surface area contributed by atoms with Gasteiger partial charge in [0.25, 0.3) is 0 Å². The second-order valence-electron chi connectivity index (χ2n) is 8.75. The number of ether oxygens (including phenoxy) is 1. The number of halogens is 1. The highest BCUT2D eigenvalue weighted by Gasteiger charge is 2.39.